The molecular weight excluding hydrogens is 477 g/mol. The van der Waals surface area contributed by atoms with Crippen molar-refractivity contribution in [3.63, 3.8) is 0 Å². The minimum absolute atomic E-state index is 0.0585. The number of halogens is 2. The van der Waals surface area contributed by atoms with Gasteiger partial charge in [-0.2, -0.15) is 0 Å². The first-order chi connectivity index (χ1) is 15.9. The molecule has 11 heteroatoms. The summed E-state index contributed by atoms with van der Waals surface area (Å²) in [4.78, 5) is 22.0. The normalized spacial score (nSPS) is 19.7. The van der Waals surface area contributed by atoms with Crippen molar-refractivity contribution in [1.29, 1.82) is 0 Å². The molecule has 1 saturated carbocycles. The predicted octanol–water partition coefficient (Wildman–Crippen LogP) is 2.88. The number of nitrogens with zero attached hydrogens (tertiary/aromatic N) is 3. The molecular formula is C23H26ClFN5O3Si. The van der Waals surface area contributed by atoms with Gasteiger partial charge >= 0.3 is 0 Å². The molecule has 0 saturated heterocycles. The molecule has 8 nitrogen and oxygen atoms in total. The summed E-state index contributed by atoms with van der Waals surface area (Å²) < 4.78 is 23.1. The van der Waals surface area contributed by atoms with Crippen LogP contribution in [0.15, 0.2) is 18.5 Å². The Hall–Kier alpha value is -2.69. The highest BCUT2D eigenvalue weighted by atomic mass is 35.5. The molecule has 2 aromatic heterocycles. The molecule has 1 amide bonds. The maximum atomic E-state index is 15.3. The molecule has 0 aliphatic heterocycles. The third-order valence-electron chi connectivity index (χ3n) is 5.94. The second-order valence-electron chi connectivity index (χ2n) is 9.06. The predicted molar refractivity (Wildman–Crippen MR) is 128 cm³/mol. The molecule has 179 valence electrons. The lowest BCUT2D eigenvalue weighted by Crippen LogP contribution is -2.47. The number of imidazole rings is 1. The third kappa shape index (κ3) is 4.14. The van der Waals surface area contributed by atoms with Crippen molar-refractivity contribution in [3.05, 3.63) is 51.9 Å². The summed E-state index contributed by atoms with van der Waals surface area (Å²) in [5.74, 6) is -0.633. The first-order valence-electron chi connectivity index (χ1n) is 10.9. The van der Waals surface area contributed by atoms with Gasteiger partial charge in [0.1, 0.15) is 28.5 Å². The first kappa shape index (κ1) is 24.4. The van der Waals surface area contributed by atoms with Crippen LogP contribution in [-0.4, -0.2) is 53.9 Å². The van der Waals surface area contributed by atoms with E-state index >= 15 is 4.39 Å². The van der Waals surface area contributed by atoms with E-state index in [0.717, 1.165) is 0 Å². The molecule has 1 atom stereocenters. The summed E-state index contributed by atoms with van der Waals surface area (Å²) in [5, 5.41) is 11.0. The lowest BCUT2D eigenvalue weighted by atomic mass is 9.89. The minimum Gasteiger partial charge on any atom is -0.490 e. The fourth-order valence-corrected chi connectivity index (χ4v) is 4.78. The summed E-state index contributed by atoms with van der Waals surface area (Å²) in [5.41, 5.74) is 7.51. The topological polar surface area (TPSA) is 115 Å². The molecule has 4 N–H and O–H groups in total. The van der Waals surface area contributed by atoms with Gasteiger partial charge in [-0.25, -0.2) is 14.4 Å². The molecule has 0 spiro atoms. The zero-order valence-electron chi connectivity index (χ0n) is 19.3. The molecule has 1 aliphatic rings. The number of anilines is 1. The number of fused-ring (bicyclic) bond motifs is 1. The quantitative estimate of drug-likeness (QED) is 0.446. The molecule has 3 radical (unpaired) electrons. The fraction of sp³-hybridized carbons (Fsp3) is 0.435. The second-order valence-corrected chi connectivity index (χ2v) is 10.5. The Morgan fingerprint density at radius 1 is 1.47 bits per heavy atom. The molecule has 3 aromatic rings. The van der Waals surface area contributed by atoms with Gasteiger partial charge in [0, 0.05) is 39.3 Å². The van der Waals surface area contributed by atoms with Crippen LogP contribution in [0.1, 0.15) is 61.1 Å². The maximum absolute atomic E-state index is 15.3. The van der Waals surface area contributed by atoms with E-state index < -0.39 is 22.9 Å². The van der Waals surface area contributed by atoms with Crippen LogP contribution in [0.25, 0.3) is 5.52 Å². The van der Waals surface area contributed by atoms with Crippen molar-refractivity contribution in [2.24, 2.45) is 0 Å². The van der Waals surface area contributed by atoms with Crippen molar-refractivity contribution in [2.45, 2.75) is 63.8 Å². The van der Waals surface area contributed by atoms with E-state index in [4.69, 9.17) is 27.1 Å². The number of nitrogens with one attached hydrogen (secondary N) is 1. The Bertz CT molecular complexity index is 1270. The van der Waals surface area contributed by atoms with Crippen LogP contribution in [0.5, 0.6) is 5.75 Å². The third-order valence-corrected chi connectivity index (χ3v) is 6.71. The molecule has 1 aromatic carbocycles. The van der Waals surface area contributed by atoms with Crippen LogP contribution in [0.3, 0.4) is 0 Å². The second kappa shape index (κ2) is 8.83. The smallest absolute Gasteiger partial charge is 0.258 e. The highest BCUT2D eigenvalue weighted by Crippen LogP contribution is 2.42. The lowest BCUT2D eigenvalue weighted by molar-refractivity contribution is 0.0559. The average Bonchev–Trinajstić information content (AvgIpc) is 3.07. The first-order valence-corrected chi connectivity index (χ1v) is 11.8. The monoisotopic (exact) mass is 502 g/mol. The van der Waals surface area contributed by atoms with E-state index in [9.17, 15) is 9.90 Å². The van der Waals surface area contributed by atoms with Gasteiger partial charge in [-0.1, -0.05) is 18.5 Å². The Morgan fingerprint density at radius 2 is 2.15 bits per heavy atom. The van der Waals surface area contributed by atoms with Crippen molar-refractivity contribution in [1.82, 2.24) is 19.7 Å². The van der Waals surface area contributed by atoms with E-state index in [-0.39, 0.29) is 28.5 Å². The number of aromatic nitrogens is 3. The van der Waals surface area contributed by atoms with E-state index in [2.05, 4.69) is 20.5 Å². The summed E-state index contributed by atoms with van der Waals surface area (Å²) in [6, 6.07) is 1.19. The van der Waals surface area contributed by atoms with Crippen LogP contribution in [0.2, 0.25) is 5.02 Å². The van der Waals surface area contributed by atoms with Gasteiger partial charge in [0.15, 0.2) is 5.82 Å². The summed E-state index contributed by atoms with van der Waals surface area (Å²) in [6.45, 7) is 7.20. The number of carbonyl (C=O) groups excluding carboxylic acids is 1. The number of aryl methyl sites for hydroxylation is 1. The van der Waals surface area contributed by atoms with E-state index in [0.29, 0.717) is 41.3 Å². The van der Waals surface area contributed by atoms with Gasteiger partial charge in [-0.15, -0.1) is 0 Å². The molecule has 1 fully saturated rings. The van der Waals surface area contributed by atoms with Crippen LogP contribution < -0.4 is 15.8 Å². The average molecular weight is 503 g/mol. The number of carbonyl (C=O) groups is 1. The van der Waals surface area contributed by atoms with Gasteiger partial charge in [-0.05, 0) is 39.7 Å². The number of benzene rings is 1. The highest BCUT2D eigenvalue weighted by molar-refractivity contribution is 6.31. The number of rotatable bonds is 6. The Kier molecular flexibility index (Phi) is 6.34. The van der Waals surface area contributed by atoms with Crippen molar-refractivity contribution in [2.75, 3.05) is 5.73 Å². The van der Waals surface area contributed by atoms with Gasteiger partial charge in [-0.3, -0.25) is 9.20 Å². The van der Waals surface area contributed by atoms with Crippen LogP contribution >= 0.6 is 11.6 Å². The van der Waals surface area contributed by atoms with Crippen LogP contribution in [0.4, 0.5) is 10.2 Å². The number of amides is 1. The van der Waals surface area contributed by atoms with Crippen molar-refractivity contribution in [3.8, 4) is 5.75 Å². The number of nitrogens with two attached hydrogens (primary N) is 1. The summed E-state index contributed by atoms with van der Waals surface area (Å²) >= 11 is 6.29. The molecule has 0 bridgehead atoms. The molecule has 1 aliphatic carbocycles. The standard InChI is InChI=1S/C23H26ClFN5O3Si/c1-10(2)33-19-14(9-15(24)17(25)16(19)21(32)29-12-7-13(31)8-12)23(4,34)22-28-11(3)18-20(26)27-5-6-30(18)22/h5-6,9-10,12-13,31H,7-8H2,1-4H3,(H2,26,27)(H,29,32)/t12?,13?,23-/m0/s1. The number of hydrogen-bond acceptors (Lipinski definition) is 6. The van der Waals surface area contributed by atoms with Gasteiger partial charge in [0.25, 0.3) is 5.91 Å². The molecule has 34 heavy (non-hydrogen) atoms. The Labute approximate surface area is 205 Å². The number of hydrogen-bond donors (Lipinski definition) is 3. The molecule has 2 heterocycles. The lowest BCUT2D eigenvalue weighted by Gasteiger charge is -2.33. The van der Waals surface area contributed by atoms with Gasteiger partial charge in [0.2, 0.25) is 0 Å². The molecule has 4 rings (SSSR count). The van der Waals surface area contributed by atoms with E-state index in [1.165, 1.54) is 6.07 Å². The van der Waals surface area contributed by atoms with E-state index in [1.54, 1.807) is 30.6 Å². The van der Waals surface area contributed by atoms with Gasteiger partial charge < -0.3 is 20.9 Å². The van der Waals surface area contributed by atoms with Crippen LogP contribution in [-0.2, 0) is 5.04 Å². The Balaban J connectivity index is 1.91. The van der Waals surface area contributed by atoms with E-state index in [1.807, 2.05) is 13.8 Å². The number of aliphatic hydroxyl groups is 1. The molecule has 0 unspecified atom stereocenters. The SMILES string of the molecule is Cc1nc([C@@](C)([Si])c2cc(Cl)c(F)c(C(=O)NC3CC(O)C3)c2OC(C)C)n2ccnc(N)c12. The zero-order chi connectivity index (χ0) is 24.9. The Morgan fingerprint density at radius 3 is 2.76 bits per heavy atom. The highest BCUT2D eigenvalue weighted by Gasteiger charge is 2.38. The van der Waals surface area contributed by atoms with Crippen molar-refractivity contribution >= 4 is 39.1 Å². The number of ether oxygens (including phenoxy) is 1. The number of nitrogen functional groups attached to an aromatic ring is 1. The van der Waals surface area contributed by atoms with Crippen molar-refractivity contribution < 1.29 is 19.0 Å². The minimum atomic E-state index is -1.06. The van der Waals surface area contributed by atoms with Crippen LogP contribution in [0, 0.1) is 12.7 Å². The fourth-order valence-electron chi connectivity index (χ4n) is 4.22. The zero-order valence-corrected chi connectivity index (χ0v) is 21.1. The maximum Gasteiger partial charge on any atom is 0.258 e. The summed E-state index contributed by atoms with van der Waals surface area (Å²) in [7, 11) is 3.82. The largest absolute Gasteiger partial charge is 0.490 e. The van der Waals surface area contributed by atoms with Gasteiger partial charge in [0.05, 0.1) is 22.9 Å². The summed E-state index contributed by atoms with van der Waals surface area (Å²) in [6.07, 6.45) is 3.27. The number of aliphatic hydroxyl groups excluding tert-OH is 1.